The van der Waals surface area contributed by atoms with Crippen molar-refractivity contribution < 1.29 is 8.42 Å². The van der Waals surface area contributed by atoms with Gasteiger partial charge in [0.25, 0.3) is 0 Å². The molecule has 0 amide bonds. The first kappa shape index (κ1) is 10.8. The standard InChI is InChI=1S/C8H10BrN3O2S/c9-6-3-11-8(12-7(6)10)5-1-2-15(13,14)4-5/h3,5H,1-2,4H2,(H2,10,11,12). The highest BCUT2D eigenvalue weighted by Gasteiger charge is 2.31. The molecule has 2 N–H and O–H groups in total. The van der Waals surface area contributed by atoms with Gasteiger partial charge < -0.3 is 5.73 Å². The molecule has 0 bridgehead atoms. The summed E-state index contributed by atoms with van der Waals surface area (Å²) in [7, 11) is -2.90. The van der Waals surface area contributed by atoms with E-state index in [1.807, 2.05) is 0 Å². The van der Waals surface area contributed by atoms with Gasteiger partial charge in [-0.25, -0.2) is 18.4 Å². The van der Waals surface area contributed by atoms with E-state index in [4.69, 9.17) is 5.73 Å². The third kappa shape index (κ3) is 2.28. The highest BCUT2D eigenvalue weighted by Crippen LogP contribution is 2.27. The minimum atomic E-state index is -2.90. The van der Waals surface area contributed by atoms with E-state index in [-0.39, 0.29) is 17.4 Å². The summed E-state index contributed by atoms with van der Waals surface area (Å²) in [5.41, 5.74) is 5.61. The fourth-order valence-corrected chi connectivity index (χ4v) is 3.52. The van der Waals surface area contributed by atoms with Gasteiger partial charge in [0.15, 0.2) is 9.84 Å². The first-order valence-corrected chi connectivity index (χ1v) is 7.08. The van der Waals surface area contributed by atoms with E-state index in [2.05, 4.69) is 25.9 Å². The molecule has 0 spiro atoms. The average Bonchev–Trinajstić information content (AvgIpc) is 2.51. The lowest BCUT2D eigenvalue weighted by Crippen LogP contribution is -2.08. The van der Waals surface area contributed by atoms with Crippen molar-refractivity contribution in [2.75, 3.05) is 17.2 Å². The lowest BCUT2D eigenvalue weighted by molar-refractivity contribution is 0.601. The van der Waals surface area contributed by atoms with Crippen molar-refractivity contribution in [1.82, 2.24) is 9.97 Å². The van der Waals surface area contributed by atoms with Crippen LogP contribution >= 0.6 is 15.9 Å². The largest absolute Gasteiger partial charge is 0.383 e. The van der Waals surface area contributed by atoms with Gasteiger partial charge in [-0.2, -0.15) is 0 Å². The zero-order valence-corrected chi connectivity index (χ0v) is 10.3. The zero-order chi connectivity index (χ0) is 11.1. The monoisotopic (exact) mass is 291 g/mol. The van der Waals surface area contributed by atoms with E-state index in [0.717, 1.165) is 0 Å². The number of rotatable bonds is 1. The summed E-state index contributed by atoms with van der Waals surface area (Å²) in [6, 6.07) is 0. The molecular weight excluding hydrogens is 282 g/mol. The van der Waals surface area contributed by atoms with Gasteiger partial charge in [-0.15, -0.1) is 0 Å². The highest BCUT2D eigenvalue weighted by molar-refractivity contribution is 9.10. The van der Waals surface area contributed by atoms with Crippen LogP contribution in [-0.2, 0) is 9.84 Å². The number of hydrogen-bond acceptors (Lipinski definition) is 5. The SMILES string of the molecule is Nc1nc(C2CCS(=O)(=O)C2)ncc1Br. The molecule has 1 aliphatic heterocycles. The molecule has 5 nitrogen and oxygen atoms in total. The van der Waals surface area contributed by atoms with Crippen LogP contribution in [0.4, 0.5) is 5.82 Å². The number of nitrogens with two attached hydrogens (primary N) is 1. The number of aromatic nitrogens is 2. The predicted molar refractivity (Wildman–Crippen MR) is 60.2 cm³/mol. The van der Waals surface area contributed by atoms with Gasteiger partial charge in [0.1, 0.15) is 11.6 Å². The second-order valence-corrected chi connectivity index (χ2v) is 6.64. The summed E-state index contributed by atoms with van der Waals surface area (Å²) in [6.45, 7) is 0. The van der Waals surface area contributed by atoms with Crippen molar-refractivity contribution in [1.29, 1.82) is 0 Å². The third-order valence-electron chi connectivity index (χ3n) is 2.39. The van der Waals surface area contributed by atoms with E-state index in [0.29, 0.717) is 22.5 Å². The van der Waals surface area contributed by atoms with E-state index >= 15 is 0 Å². The van der Waals surface area contributed by atoms with E-state index in [1.54, 1.807) is 6.20 Å². The highest BCUT2D eigenvalue weighted by atomic mass is 79.9. The fraction of sp³-hybridized carbons (Fsp3) is 0.500. The number of anilines is 1. The molecule has 0 aromatic carbocycles. The third-order valence-corrected chi connectivity index (χ3v) is 4.77. The topological polar surface area (TPSA) is 85.9 Å². The maximum absolute atomic E-state index is 11.3. The van der Waals surface area contributed by atoms with Crippen LogP contribution in [0.15, 0.2) is 10.7 Å². The lowest BCUT2D eigenvalue weighted by Gasteiger charge is -2.06. The number of nitrogens with zero attached hydrogens (tertiary/aromatic N) is 2. The summed E-state index contributed by atoms with van der Waals surface area (Å²) in [5.74, 6) is 1.12. The van der Waals surface area contributed by atoms with Crippen LogP contribution in [-0.4, -0.2) is 29.9 Å². The molecule has 0 aliphatic carbocycles. The van der Waals surface area contributed by atoms with Crippen molar-refractivity contribution in [2.45, 2.75) is 12.3 Å². The Morgan fingerprint density at radius 1 is 1.53 bits per heavy atom. The van der Waals surface area contributed by atoms with Crippen LogP contribution in [0.25, 0.3) is 0 Å². The Labute approximate surface area is 96.2 Å². The number of nitrogen functional groups attached to an aromatic ring is 1. The van der Waals surface area contributed by atoms with Crippen molar-refractivity contribution in [3.8, 4) is 0 Å². The van der Waals surface area contributed by atoms with Gasteiger partial charge in [0.2, 0.25) is 0 Å². The number of halogens is 1. The Hall–Kier alpha value is -0.690. The number of sulfone groups is 1. The minimum Gasteiger partial charge on any atom is -0.383 e. The van der Waals surface area contributed by atoms with Crippen LogP contribution < -0.4 is 5.73 Å². The van der Waals surface area contributed by atoms with Gasteiger partial charge in [-0.3, -0.25) is 0 Å². The first-order valence-electron chi connectivity index (χ1n) is 4.46. The molecule has 1 fully saturated rings. The Balaban J connectivity index is 2.28. The average molecular weight is 292 g/mol. The van der Waals surface area contributed by atoms with Crippen molar-refractivity contribution in [3.05, 3.63) is 16.5 Å². The summed E-state index contributed by atoms with van der Waals surface area (Å²) < 4.78 is 23.2. The quantitative estimate of drug-likeness (QED) is 0.824. The number of hydrogen-bond donors (Lipinski definition) is 1. The van der Waals surface area contributed by atoms with Crippen molar-refractivity contribution >= 4 is 31.6 Å². The van der Waals surface area contributed by atoms with E-state index in [1.165, 1.54) is 0 Å². The Kier molecular flexibility index (Phi) is 2.68. The van der Waals surface area contributed by atoms with Gasteiger partial charge in [0.05, 0.1) is 16.0 Å². The second kappa shape index (κ2) is 3.71. The van der Waals surface area contributed by atoms with Crippen LogP contribution in [0.5, 0.6) is 0 Å². The maximum atomic E-state index is 11.3. The van der Waals surface area contributed by atoms with Gasteiger partial charge in [-0.1, -0.05) is 0 Å². The van der Waals surface area contributed by atoms with Crippen LogP contribution in [0.2, 0.25) is 0 Å². The molecule has 0 saturated carbocycles. The maximum Gasteiger partial charge on any atom is 0.151 e. The second-order valence-electron chi connectivity index (χ2n) is 3.56. The molecule has 82 valence electrons. The van der Waals surface area contributed by atoms with Crippen molar-refractivity contribution in [3.63, 3.8) is 0 Å². The van der Waals surface area contributed by atoms with Crippen LogP contribution in [0, 0.1) is 0 Å². The smallest absolute Gasteiger partial charge is 0.151 e. The molecule has 15 heavy (non-hydrogen) atoms. The molecule has 7 heteroatoms. The summed E-state index contributed by atoms with van der Waals surface area (Å²) in [6.07, 6.45) is 2.14. The van der Waals surface area contributed by atoms with Gasteiger partial charge in [0, 0.05) is 12.1 Å². The molecule has 2 heterocycles. The molecule has 1 saturated heterocycles. The molecule has 0 radical (unpaired) electrons. The molecule has 1 atom stereocenters. The Morgan fingerprint density at radius 3 is 2.80 bits per heavy atom. The minimum absolute atomic E-state index is 0.106. The first-order chi connectivity index (χ1) is 6.98. The van der Waals surface area contributed by atoms with E-state index in [9.17, 15) is 8.42 Å². The van der Waals surface area contributed by atoms with Gasteiger partial charge >= 0.3 is 0 Å². The van der Waals surface area contributed by atoms with Gasteiger partial charge in [-0.05, 0) is 22.4 Å². The molecule has 2 rings (SSSR count). The summed E-state index contributed by atoms with van der Waals surface area (Å²) in [4.78, 5) is 8.16. The lowest BCUT2D eigenvalue weighted by atomic mass is 10.1. The van der Waals surface area contributed by atoms with E-state index < -0.39 is 9.84 Å². The van der Waals surface area contributed by atoms with Crippen LogP contribution in [0.3, 0.4) is 0 Å². The van der Waals surface area contributed by atoms with Crippen molar-refractivity contribution in [2.24, 2.45) is 0 Å². The fourth-order valence-electron chi connectivity index (χ4n) is 1.59. The molecule has 1 unspecified atom stereocenters. The molecule has 1 aromatic rings. The Morgan fingerprint density at radius 2 is 2.27 bits per heavy atom. The Bertz CT molecular complexity index is 489. The molecular formula is C8H10BrN3O2S. The summed E-state index contributed by atoms with van der Waals surface area (Å²) >= 11 is 3.19. The molecule has 1 aromatic heterocycles. The molecule has 1 aliphatic rings. The summed E-state index contributed by atoms with van der Waals surface area (Å²) in [5, 5.41) is 0. The zero-order valence-electron chi connectivity index (χ0n) is 7.85. The predicted octanol–water partition coefficient (Wildman–Crippen LogP) is 0.723. The normalized spacial score (nSPS) is 24.2. The van der Waals surface area contributed by atoms with Crippen LogP contribution in [0.1, 0.15) is 18.2 Å².